The monoisotopic (exact) mass is 216 g/mol. The van der Waals surface area contributed by atoms with Gasteiger partial charge in [0.15, 0.2) is 0 Å². The first-order valence-corrected chi connectivity index (χ1v) is 4.67. The molecule has 2 N–H and O–H groups in total. The zero-order valence-electron chi connectivity index (χ0n) is 8.90. The topological polar surface area (TPSA) is 81.3 Å². The van der Waals surface area contributed by atoms with Crippen molar-refractivity contribution in [2.45, 2.75) is 0 Å². The molecule has 0 amide bonds. The summed E-state index contributed by atoms with van der Waals surface area (Å²) in [6.07, 6.45) is 1.59. The summed E-state index contributed by atoms with van der Waals surface area (Å²) >= 11 is 0. The molecule has 82 valence electrons. The van der Waals surface area contributed by atoms with Gasteiger partial charge >= 0.3 is 0 Å². The average Bonchev–Trinajstić information content (AvgIpc) is 2.35. The Hall–Kier alpha value is -2.35. The highest BCUT2D eigenvalue weighted by Crippen LogP contribution is 2.12. The largest absolute Gasteiger partial charge is 0.487 e. The molecule has 0 spiro atoms. The summed E-state index contributed by atoms with van der Waals surface area (Å²) in [5, 5.41) is 14.7. The van der Waals surface area contributed by atoms with E-state index in [4.69, 9.17) is 15.5 Å². The third-order valence-electron chi connectivity index (χ3n) is 1.82. The zero-order valence-corrected chi connectivity index (χ0v) is 8.90. The van der Waals surface area contributed by atoms with Crippen molar-refractivity contribution >= 4 is 0 Å². The molecule has 0 saturated heterocycles. The van der Waals surface area contributed by atoms with Gasteiger partial charge in [0.25, 0.3) is 0 Å². The van der Waals surface area contributed by atoms with E-state index in [1.807, 2.05) is 6.07 Å². The fraction of sp³-hybridized carbons (Fsp3) is 0.182. The summed E-state index contributed by atoms with van der Waals surface area (Å²) < 4.78 is 5.38. The number of hydrogen-bond acceptors (Lipinski definition) is 5. The van der Waals surface area contributed by atoms with E-state index in [0.29, 0.717) is 17.0 Å². The van der Waals surface area contributed by atoms with E-state index in [9.17, 15) is 0 Å². The molecule has 1 aromatic carbocycles. The number of benzene rings is 1. The smallest absolute Gasteiger partial charge is 0.134 e. The Bertz CT molecular complexity index is 417. The highest BCUT2D eigenvalue weighted by atomic mass is 16.5. The van der Waals surface area contributed by atoms with Gasteiger partial charge in [0.05, 0.1) is 11.6 Å². The fourth-order valence-electron chi connectivity index (χ4n) is 1.06. The van der Waals surface area contributed by atoms with Crippen LogP contribution in [0.2, 0.25) is 0 Å². The van der Waals surface area contributed by atoms with Gasteiger partial charge in [0, 0.05) is 13.2 Å². The van der Waals surface area contributed by atoms with E-state index < -0.39 is 0 Å². The summed E-state index contributed by atoms with van der Waals surface area (Å²) in [7, 11) is 1.73. The SMILES string of the molecule is CN/C=C(/COc1ccc(C#N)cc1)N=N. The molecule has 0 fully saturated rings. The highest BCUT2D eigenvalue weighted by Gasteiger charge is 1.97. The second-order valence-corrected chi connectivity index (χ2v) is 2.96. The molecule has 0 atom stereocenters. The zero-order chi connectivity index (χ0) is 11.8. The molecular weight excluding hydrogens is 204 g/mol. The molecule has 1 aromatic rings. The second kappa shape index (κ2) is 6.19. The molecule has 0 aliphatic rings. The van der Waals surface area contributed by atoms with Gasteiger partial charge in [-0.2, -0.15) is 10.4 Å². The van der Waals surface area contributed by atoms with Gasteiger partial charge in [0.2, 0.25) is 0 Å². The molecule has 16 heavy (non-hydrogen) atoms. The third-order valence-corrected chi connectivity index (χ3v) is 1.82. The molecule has 0 aliphatic carbocycles. The van der Waals surface area contributed by atoms with Crippen molar-refractivity contribution in [3.05, 3.63) is 41.7 Å². The van der Waals surface area contributed by atoms with Gasteiger partial charge < -0.3 is 10.1 Å². The predicted octanol–water partition coefficient (Wildman–Crippen LogP) is 2.03. The van der Waals surface area contributed by atoms with Crippen molar-refractivity contribution in [1.29, 1.82) is 10.8 Å². The standard InChI is InChI=1S/C11H12N4O/c1-14-7-10(15-13)8-16-11-4-2-9(6-12)3-5-11/h2-5,7,13-14H,8H2,1H3/b10-7-,15-13?. The van der Waals surface area contributed by atoms with Gasteiger partial charge in [-0.05, 0) is 24.3 Å². The molecule has 1 rings (SSSR count). The van der Waals surface area contributed by atoms with Crippen LogP contribution < -0.4 is 10.1 Å². The highest BCUT2D eigenvalue weighted by molar-refractivity contribution is 5.34. The Balaban J connectivity index is 2.57. The van der Waals surface area contributed by atoms with Crippen molar-refractivity contribution in [3.63, 3.8) is 0 Å². The normalized spacial score (nSPS) is 10.4. The van der Waals surface area contributed by atoms with Crippen LogP contribution in [0.25, 0.3) is 0 Å². The van der Waals surface area contributed by atoms with Crippen LogP contribution in [0.4, 0.5) is 0 Å². The van der Waals surface area contributed by atoms with E-state index in [-0.39, 0.29) is 6.61 Å². The molecule has 0 saturated carbocycles. The summed E-state index contributed by atoms with van der Waals surface area (Å²) in [5.74, 6) is 0.643. The molecule has 0 unspecified atom stereocenters. The van der Waals surface area contributed by atoms with Crippen LogP contribution in [0, 0.1) is 16.9 Å². The lowest BCUT2D eigenvalue weighted by atomic mass is 10.2. The second-order valence-electron chi connectivity index (χ2n) is 2.96. The lowest BCUT2D eigenvalue weighted by molar-refractivity contribution is 0.348. The Kier molecular flexibility index (Phi) is 4.54. The quantitative estimate of drug-likeness (QED) is 0.739. The Morgan fingerprint density at radius 3 is 2.75 bits per heavy atom. The van der Waals surface area contributed by atoms with Crippen LogP contribution in [0.3, 0.4) is 0 Å². The Morgan fingerprint density at radius 1 is 1.56 bits per heavy atom. The maximum absolute atomic E-state index is 8.61. The summed E-state index contributed by atoms with van der Waals surface area (Å²) in [6, 6.07) is 8.79. The van der Waals surface area contributed by atoms with Gasteiger partial charge in [-0.1, -0.05) is 0 Å². The molecule has 0 aromatic heterocycles. The first-order chi connectivity index (χ1) is 7.80. The number of nitrogens with one attached hydrogen (secondary N) is 2. The van der Waals surface area contributed by atoms with Gasteiger partial charge in [-0.25, -0.2) is 5.53 Å². The van der Waals surface area contributed by atoms with Crippen LogP contribution in [0.5, 0.6) is 5.75 Å². The summed E-state index contributed by atoms with van der Waals surface area (Å²) in [4.78, 5) is 0. The summed E-state index contributed by atoms with van der Waals surface area (Å²) in [6.45, 7) is 0.218. The number of nitrogens with zero attached hydrogens (tertiary/aromatic N) is 2. The maximum Gasteiger partial charge on any atom is 0.134 e. The van der Waals surface area contributed by atoms with Crippen LogP contribution in [-0.4, -0.2) is 13.7 Å². The Labute approximate surface area is 93.9 Å². The van der Waals surface area contributed by atoms with Crippen molar-refractivity contribution in [3.8, 4) is 11.8 Å². The third kappa shape index (κ3) is 3.42. The molecule has 0 heterocycles. The fourth-order valence-corrected chi connectivity index (χ4v) is 1.06. The predicted molar refractivity (Wildman–Crippen MR) is 58.9 cm³/mol. The number of ether oxygens (including phenoxy) is 1. The van der Waals surface area contributed by atoms with Crippen molar-refractivity contribution in [2.24, 2.45) is 5.11 Å². The van der Waals surface area contributed by atoms with E-state index in [1.165, 1.54) is 0 Å². The maximum atomic E-state index is 8.61. The van der Waals surface area contributed by atoms with Crippen LogP contribution in [0.15, 0.2) is 41.3 Å². The van der Waals surface area contributed by atoms with Crippen LogP contribution >= 0.6 is 0 Å². The lowest BCUT2D eigenvalue weighted by Gasteiger charge is -2.05. The number of nitriles is 1. The molecule has 5 heteroatoms. The van der Waals surface area contributed by atoms with Gasteiger partial charge in [0.1, 0.15) is 18.1 Å². The van der Waals surface area contributed by atoms with E-state index in [1.54, 1.807) is 37.5 Å². The summed E-state index contributed by atoms with van der Waals surface area (Å²) in [5.41, 5.74) is 7.97. The van der Waals surface area contributed by atoms with E-state index in [2.05, 4.69) is 10.4 Å². The molecular formula is C11H12N4O. The van der Waals surface area contributed by atoms with Crippen LogP contribution in [0.1, 0.15) is 5.56 Å². The van der Waals surface area contributed by atoms with E-state index >= 15 is 0 Å². The van der Waals surface area contributed by atoms with Crippen molar-refractivity contribution in [2.75, 3.05) is 13.7 Å². The number of rotatable bonds is 5. The molecule has 5 nitrogen and oxygen atoms in total. The average molecular weight is 216 g/mol. The first kappa shape index (κ1) is 11.7. The van der Waals surface area contributed by atoms with Crippen molar-refractivity contribution in [1.82, 2.24) is 5.32 Å². The minimum Gasteiger partial charge on any atom is -0.487 e. The minimum atomic E-state index is 0.218. The van der Waals surface area contributed by atoms with Gasteiger partial charge in [-0.15, -0.1) is 0 Å². The van der Waals surface area contributed by atoms with Crippen molar-refractivity contribution < 1.29 is 4.74 Å². The van der Waals surface area contributed by atoms with Crippen LogP contribution in [-0.2, 0) is 0 Å². The van der Waals surface area contributed by atoms with Gasteiger partial charge in [-0.3, -0.25) is 0 Å². The van der Waals surface area contributed by atoms with E-state index in [0.717, 1.165) is 0 Å². The molecule has 0 bridgehead atoms. The first-order valence-electron chi connectivity index (χ1n) is 4.67. The lowest BCUT2D eigenvalue weighted by Crippen LogP contribution is -2.03. The molecule has 0 aliphatic heterocycles. The Morgan fingerprint density at radius 2 is 2.25 bits per heavy atom. The molecule has 0 radical (unpaired) electrons. The number of hydrogen-bond donors (Lipinski definition) is 2. The minimum absolute atomic E-state index is 0.218.